The maximum Gasteiger partial charge on any atom is 0.471 e. The van der Waals surface area contributed by atoms with Crippen LogP contribution in [0.25, 0.3) is 0 Å². The third kappa shape index (κ3) is 12.1. The number of hydrogen-bond donors (Lipinski definition) is 9. The number of hydrogen-bond acceptors (Lipinski definition) is 16. The van der Waals surface area contributed by atoms with Crippen LogP contribution >= 0.6 is 0 Å². The lowest BCUT2D eigenvalue weighted by Crippen LogP contribution is -2.65. The number of ether oxygens (including phenoxy) is 2. The van der Waals surface area contributed by atoms with Crippen LogP contribution in [0.1, 0.15) is 7.43 Å². The van der Waals surface area contributed by atoms with Crippen LogP contribution in [0.4, 0.5) is 26.3 Å². The molecule has 0 aromatic carbocycles. The zero-order chi connectivity index (χ0) is 31.6. The predicted molar refractivity (Wildman–Crippen MR) is 111 cm³/mol. The van der Waals surface area contributed by atoms with Gasteiger partial charge in [0.1, 0.15) is 55.3 Å². The number of aliphatic hydroxyl groups excluding tert-OH is 7. The number of rotatable bonds is 6. The molecule has 10 atom stereocenters. The highest BCUT2D eigenvalue weighted by atomic mass is 32.1. The van der Waals surface area contributed by atoms with Crippen LogP contribution < -0.4 is 15.9 Å². The molecule has 0 bridgehead atoms. The van der Waals surface area contributed by atoms with E-state index in [0.717, 1.165) is 0 Å². The van der Waals surface area contributed by atoms with Crippen molar-refractivity contribution < 1.29 is 101 Å². The highest BCUT2D eigenvalue weighted by Gasteiger charge is 2.49. The normalized spacial score (nSPS) is 33.5. The van der Waals surface area contributed by atoms with E-state index in [0.29, 0.717) is 0 Å². The lowest BCUT2D eigenvalue weighted by Gasteiger charge is -2.40. The molecule has 0 radical (unpaired) electrons. The van der Waals surface area contributed by atoms with E-state index in [1.807, 2.05) is 0 Å². The maximum absolute atomic E-state index is 12.0. The van der Waals surface area contributed by atoms with Crippen LogP contribution in [0, 0.1) is 0 Å². The van der Waals surface area contributed by atoms with Crippen LogP contribution in [-0.4, -0.2) is 139 Å². The van der Waals surface area contributed by atoms with E-state index in [-0.39, 0.29) is 7.43 Å². The van der Waals surface area contributed by atoms with Gasteiger partial charge in [-0.1, -0.05) is 7.43 Å². The Morgan fingerprint density at radius 2 is 1.10 bits per heavy atom. The van der Waals surface area contributed by atoms with Gasteiger partial charge in [0.15, 0.2) is 25.1 Å². The van der Waals surface area contributed by atoms with Crippen LogP contribution in [-0.2, 0) is 41.5 Å². The molecule has 2 amide bonds. The van der Waals surface area contributed by atoms with Gasteiger partial charge in [0.2, 0.25) is 0 Å². The molecule has 2 fully saturated rings. The van der Waals surface area contributed by atoms with Gasteiger partial charge in [0.05, 0.1) is 6.61 Å². The average molecular weight is 645 g/mol. The smallest absolute Gasteiger partial charge is 0.471 e. The third-order valence-electron chi connectivity index (χ3n) is 5.01. The molecule has 2 heterocycles. The second kappa shape index (κ2) is 17.9. The maximum atomic E-state index is 12.0. The van der Waals surface area contributed by atoms with Gasteiger partial charge in [-0.15, -0.1) is 0 Å². The van der Waals surface area contributed by atoms with Crippen molar-refractivity contribution in [3.8, 4) is 0 Å². The Morgan fingerprint density at radius 1 is 0.756 bits per heavy atom. The van der Waals surface area contributed by atoms with Crippen molar-refractivity contribution in [2.45, 2.75) is 81.1 Å². The minimum Gasteiger partial charge on any atom is -0.692 e. The summed E-state index contributed by atoms with van der Waals surface area (Å²) < 4.78 is 89.1. The quantitative estimate of drug-likeness (QED) is 0.0740. The standard InChI is InChI=1S/C8H12F3NO8.C8H12F3NO6.CH4.OS/c9-8(10,11)7(16)12-3-5(14)4(13)2(1-18-20-17)19-6(3)15;9-8(10,11)7(17)12-3-5(15)4(14)2(1-13)18-6(3)16;;1-2/h2-6,13-15,17H,1H2,(H,12,16);2-6,13-16H,1H2,(H,12,17);1H4;/p-1/t2*2?,3?,4-,5-,6?;;/m11../s1. The van der Waals surface area contributed by atoms with E-state index in [9.17, 15) is 71.8 Å². The fraction of sp³-hybridized carbons (Fsp3) is 0.882. The molecule has 244 valence electrons. The number of aliphatic hydroxyl groups is 7. The summed E-state index contributed by atoms with van der Waals surface area (Å²) >= 11 is 2.83. The lowest BCUT2D eigenvalue weighted by atomic mass is 9.97. The number of nitrogens with one attached hydrogen (secondary N) is 2. The SMILES string of the molecule is C.O=C(NC1C(O)OC(CO)[C@@H](O)[C@@H]1O)C(F)(F)F.O=C(NC1C(O)OC(COO[O-])[C@@H](O)[C@@H]1O)C(F)(F)F.O=S. The molecule has 0 aromatic heterocycles. The minimum absolute atomic E-state index is 0. The average Bonchev–Trinajstić information content (AvgIpc) is 2.88. The zero-order valence-corrected chi connectivity index (χ0v) is 20.1. The van der Waals surface area contributed by atoms with Crippen LogP contribution in [0.3, 0.4) is 0 Å². The minimum atomic E-state index is -5.24. The molecule has 0 aliphatic carbocycles. The summed E-state index contributed by atoms with van der Waals surface area (Å²) in [4.78, 5) is 25.2. The summed E-state index contributed by atoms with van der Waals surface area (Å²) in [5.74, 6) is -4.81. The molecule has 6 unspecified atom stereocenters. The topological polar surface area (TPSA) is 277 Å². The van der Waals surface area contributed by atoms with Crippen molar-refractivity contribution in [2.24, 2.45) is 0 Å². The van der Waals surface area contributed by atoms with Crippen molar-refractivity contribution in [1.82, 2.24) is 10.6 Å². The van der Waals surface area contributed by atoms with E-state index in [1.54, 1.807) is 0 Å². The van der Waals surface area contributed by atoms with Gasteiger partial charge < -0.3 is 61.1 Å². The molecule has 17 nitrogen and oxygen atoms in total. The van der Waals surface area contributed by atoms with E-state index in [1.165, 1.54) is 10.6 Å². The van der Waals surface area contributed by atoms with E-state index in [2.05, 4.69) is 31.9 Å². The molecule has 2 aliphatic rings. The number of carbonyl (C=O) groups excluding carboxylic acids is 2. The Balaban J connectivity index is 0. The Kier molecular flexibility index (Phi) is 18.0. The molecule has 24 heteroatoms. The summed E-state index contributed by atoms with van der Waals surface area (Å²) in [6.07, 6.45) is -24.7. The first kappa shape index (κ1) is 41.2. The van der Waals surface area contributed by atoms with Gasteiger partial charge in [-0.05, 0) is 0 Å². The van der Waals surface area contributed by atoms with Crippen molar-refractivity contribution >= 4 is 24.3 Å². The van der Waals surface area contributed by atoms with Crippen molar-refractivity contribution in [1.29, 1.82) is 0 Å². The Morgan fingerprint density at radius 3 is 1.41 bits per heavy atom. The van der Waals surface area contributed by atoms with E-state index >= 15 is 0 Å². The first-order chi connectivity index (χ1) is 18.4. The van der Waals surface area contributed by atoms with Gasteiger partial charge in [-0.2, -0.15) is 30.6 Å². The van der Waals surface area contributed by atoms with Gasteiger partial charge in [-0.25, -0.2) is 4.89 Å². The summed E-state index contributed by atoms with van der Waals surface area (Å²) in [6.45, 7) is -1.45. The molecule has 0 spiro atoms. The molecule has 0 saturated carbocycles. The van der Waals surface area contributed by atoms with E-state index < -0.39 is 98.7 Å². The summed E-state index contributed by atoms with van der Waals surface area (Å²) in [6, 6.07) is -3.76. The Bertz CT molecular complexity index is 800. The number of alkyl halides is 6. The molecule has 2 rings (SSSR count). The zero-order valence-electron chi connectivity index (χ0n) is 19.3. The van der Waals surface area contributed by atoms with Gasteiger partial charge in [0.25, 0.3) is 0 Å². The first-order valence-corrected chi connectivity index (χ1v) is 10.5. The Labute approximate surface area is 230 Å². The number of carbonyl (C=O) groups is 2. The van der Waals surface area contributed by atoms with Crippen LogP contribution in [0.5, 0.6) is 0 Å². The van der Waals surface area contributed by atoms with Crippen molar-refractivity contribution in [2.75, 3.05) is 13.2 Å². The Hall–Kier alpha value is -1.94. The van der Waals surface area contributed by atoms with Crippen molar-refractivity contribution in [3.63, 3.8) is 0 Å². The van der Waals surface area contributed by atoms with E-state index in [4.69, 9.17) is 9.32 Å². The molecule has 41 heavy (non-hydrogen) atoms. The van der Waals surface area contributed by atoms with Crippen molar-refractivity contribution in [3.05, 3.63) is 0 Å². The highest BCUT2D eigenvalue weighted by molar-refractivity contribution is 7.44. The number of halogens is 6. The fourth-order valence-corrected chi connectivity index (χ4v) is 3.05. The second-order valence-electron chi connectivity index (χ2n) is 7.62. The fourth-order valence-electron chi connectivity index (χ4n) is 3.05. The summed E-state index contributed by atoms with van der Waals surface area (Å²) in [5, 5.41) is 80.4. The highest BCUT2D eigenvalue weighted by Crippen LogP contribution is 2.23. The number of amides is 2. The third-order valence-corrected chi connectivity index (χ3v) is 5.01. The molecule has 2 aliphatic heterocycles. The molecule has 0 aromatic rings. The molecular formula is C17H27F6N2O15S-. The largest absolute Gasteiger partial charge is 0.692 e. The van der Waals surface area contributed by atoms with Gasteiger partial charge in [0, 0.05) is 0 Å². The first-order valence-electron chi connectivity index (χ1n) is 10.2. The second-order valence-corrected chi connectivity index (χ2v) is 7.62. The van der Waals surface area contributed by atoms with Gasteiger partial charge in [-0.3, -0.25) is 14.6 Å². The van der Waals surface area contributed by atoms with Gasteiger partial charge >= 0.3 is 24.2 Å². The summed E-state index contributed by atoms with van der Waals surface area (Å²) in [7, 11) is 0. The van der Waals surface area contributed by atoms with Crippen LogP contribution in [0.2, 0.25) is 0 Å². The summed E-state index contributed by atoms with van der Waals surface area (Å²) in [5.41, 5.74) is 0. The molecule has 2 saturated heterocycles. The lowest BCUT2D eigenvalue weighted by molar-refractivity contribution is -0.801. The molecular weight excluding hydrogens is 618 g/mol. The predicted octanol–water partition coefficient (Wildman–Crippen LogP) is -5.54. The monoisotopic (exact) mass is 645 g/mol. The molecule has 9 N–H and O–H groups in total. The van der Waals surface area contributed by atoms with Crippen LogP contribution in [0.15, 0.2) is 0 Å².